The van der Waals surface area contributed by atoms with Gasteiger partial charge in [-0.1, -0.05) is 0 Å². The van der Waals surface area contributed by atoms with Crippen molar-refractivity contribution in [2.45, 2.75) is 6.92 Å². The van der Waals surface area contributed by atoms with Gasteiger partial charge in [-0.3, -0.25) is 14.7 Å². The molecule has 0 saturated heterocycles. The van der Waals surface area contributed by atoms with E-state index in [1.807, 2.05) is 0 Å². The largest absolute Gasteiger partial charge is 0.394 e. The topological polar surface area (TPSA) is 106 Å². The predicted molar refractivity (Wildman–Crippen MR) is 67.4 cm³/mol. The van der Waals surface area contributed by atoms with Crippen LogP contribution in [-0.4, -0.2) is 20.7 Å². The lowest BCUT2D eigenvalue weighted by atomic mass is 10.2. The van der Waals surface area contributed by atoms with Crippen LogP contribution in [0, 0.1) is 6.92 Å². The molecule has 7 nitrogen and oxygen atoms in total. The van der Waals surface area contributed by atoms with Gasteiger partial charge in [0.15, 0.2) is 5.82 Å². The van der Waals surface area contributed by atoms with Crippen LogP contribution in [0.2, 0.25) is 0 Å². The molecule has 4 N–H and O–H groups in total. The number of pyridine rings is 1. The minimum Gasteiger partial charge on any atom is -0.394 e. The van der Waals surface area contributed by atoms with Crippen LogP contribution in [0.5, 0.6) is 0 Å². The summed E-state index contributed by atoms with van der Waals surface area (Å²) in [6.07, 6.45) is 1.52. The number of hydrogen-bond donors (Lipinski definition) is 3. The molecule has 0 aromatic carbocycles. The van der Waals surface area contributed by atoms with Gasteiger partial charge in [0.25, 0.3) is 11.5 Å². The third-order valence-corrected chi connectivity index (χ3v) is 2.59. The van der Waals surface area contributed by atoms with Gasteiger partial charge in [0.05, 0.1) is 11.4 Å². The van der Waals surface area contributed by atoms with Gasteiger partial charge >= 0.3 is 0 Å². The molecular weight excluding hydrogens is 234 g/mol. The van der Waals surface area contributed by atoms with E-state index in [-0.39, 0.29) is 16.9 Å². The van der Waals surface area contributed by atoms with Crippen molar-refractivity contribution in [3.8, 4) is 0 Å². The molecule has 94 valence electrons. The van der Waals surface area contributed by atoms with Crippen molar-refractivity contribution in [3.63, 3.8) is 0 Å². The van der Waals surface area contributed by atoms with Crippen LogP contribution in [0.1, 0.15) is 16.1 Å². The van der Waals surface area contributed by atoms with Crippen molar-refractivity contribution in [2.24, 2.45) is 7.05 Å². The lowest BCUT2D eigenvalue weighted by Gasteiger charge is -2.03. The Morgan fingerprint density at radius 1 is 1.56 bits per heavy atom. The highest BCUT2D eigenvalue weighted by Gasteiger charge is 2.12. The third kappa shape index (κ3) is 2.10. The molecule has 0 aliphatic rings. The maximum Gasteiger partial charge on any atom is 0.257 e. The van der Waals surface area contributed by atoms with Gasteiger partial charge in [0.1, 0.15) is 0 Å². The van der Waals surface area contributed by atoms with E-state index < -0.39 is 5.91 Å². The number of aromatic amines is 1. The first-order valence-corrected chi connectivity index (χ1v) is 5.27. The first kappa shape index (κ1) is 11.9. The molecule has 0 spiro atoms. The highest BCUT2D eigenvalue weighted by molar-refractivity contribution is 6.05. The minimum absolute atomic E-state index is 0.256. The average Bonchev–Trinajstić information content (AvgIpc) is 2.64. The van der Waals surface area contributed by atoms with Crippen LogP contribution in [0.4, 0.5) is 11.5 Å². The summed E-state index contributed by atoms with van der Waals surface area (Å²) in [6.45, 7) is 1.75. The fourth-order valence-corrected chi connectivity index (χ4v) is 1.40. The zero-order valence-corrected chi connectivity index (χ0v) is 10.0. The zero-order chi connectivity index (χ0) is 13.3. The Morgan fingerprint density at radius 3 is 2.83 bits per heavy atom. The summed E-state index contributed by atoms with van der Waals surface area (Å²) in [6, 6.07) is 2.80. The van der Waals surface area contributed by atoms with Gasteiger partial charge in [-0.2, -0.15) is 5.10 Å². The van der Waals surface area contributed by atoms with Crippen molar-refractivity contribution in [2.75, 3.05) is 11.1 Å². The lowest BCUT2D eigenvalue weighted by Crippen LogP contribution is -2.20. The Kier molecular flexibility index (Phi) is 2.88. The van der Waals surface area contributed by atoms with Crippen molar-refractivity contribution >= 4 is 17.4 Å². The van der Waals surface area contributed by atoms with Crippen LogP contribution >= 0.6 is 0 Å². The Hall–Kier alpha value is -2.57. The first-order valence-electron chi connectivity index (χ1n) is 5.27. The smallest absolute Gasteiger partial charge is 0.257 e. The number of nitrogens with one attached hydrogen (secondary N) is 2. The molecule has 0 aliphatic heterocycles. The molecule has 0 radical (unpaired) electrons. The second-order valence-electron chi connectivity index (χ2n) is 3.93. The number of H-pyrrole nitrogens is 1. The molecule has 7 heteroatoms. The number of nitrogen functional groups attached to an aromatic ring is 1. The molecule has 18 heavy (non-hydrogen) atoms. The highest BCUT2D eigenvalue weighted by atomic mass is 16.2. The van der Waals surface area contributed by atoms with Gasteiger partial charge < -0.3 is 15.6 Å². The Balaban J connectivity index is 2.25. The number of nitrogens with zero attached hydrogens (tertiary/aromatic N) is 2. The van der Waals surface area contributed by atoms with E-state index in [1.54, 1.807) is 20.0 Å². The number of hydrogen-bond acceptors (Lipinski definition) is 4. The Bertz CT molecular complexity index is 656. The summed E-state index contributed by atoms with van der Waals surface area (Å²) in [5.41, 5.74) is 6.77. The molecule has 0 atom stereocenters. The Morgan fingerprint density at radius 2 is 2.28 bits per heavy atom. The molecule has 0 fully saturated rings. The van der Waals surface area contributed by atoms with Crippen LogP contribution in [0.15, 0.2) is 23.1 Å². The van der Waals surface area contributed by atoms with Gasteiger partial charge in [-0.05, 0) is 13.0 Å². The maximum atomic E-state index is 11.9. The van der Waals surface area contributed by atoms with Crippen molar-refractivity contribution in [1.29, 1.82) is 0 Å². The van der Waals surface area contributed by atoms with E-state index >= 15 is 0 Å². The third-order valence-electron chi connectivity index (χ3n) is 2.59. The average molecular weight is 247 g/mol. The number of carbonyl (C=O) groups excluding carboxylic acids is 1. The molecule has 0 bridgehead atoms. The van der Waals surface area contributed by atoms with Crippen LogP contribution in [0.25, 0.3) is 0 Å². The standard InChI is InChI=1S/C11H13N5O2/c1-6-9(12)10(15-14-6)13-11(18)7-3-4-16(2)8(17)5-7/h3-5H,12H2,1-2H3,(H2,13,14,15,18). The number of anilines is 2. The number of aryl methyl sites for hydroxylation is 2. The van der Waals surface area contributed by atoms with Crippen LogP contribution in [-0.2, 0) is 7.05 Å². The van der Waals surface area contributed by atoms with Crippen molar-refractivity contribution in [1.82, 2.24) is 14.8 Å². The van der Waals surface area contributed by atoms with Crippen molar-refractivity contribution in [3.05, 3.63) is 39.9 Å². The van der Waals surface area contributed by atoms with Gasteiger partial charge in [0, 0.05) is 24.9 Å². The molecule has 2 heterocycles. The summed E-state index contributed by atoms with van der Waals surface area (Å²) in [5.74, 6) is -0.163. The van der Waals surface area contributed by atoms with E-state index in [0.29, 0.717) is 11.4 Å². The molecule has 0 saturated carbocycles. The lowest BCUT2D eigenvalue weighted by molar-refractivity contribution is 0.102. The SMILES string of the molecule is Cc1[nH]nc(NC(=O)c2ccn(C)c(=O)c2)c1N. The van der Waals surface area contributed by atoms with Gasteiger partial charge in [-0.15, -0.1) is 0 Å². The molecule has 1 amide bonds. The minimum atomic E-state index is -0.425. The van der Waals surface area contributed by atoms with Gasteiger partial charge in [0.2, 0.25) is 0 Å². The molecular formula is C11H13N5O2. The van der Waals surface area contributed by atoms with E-state index in [2.05, 4.69) is 15.5 Å². The normalized spacial score (nSPS) is 10.3. The monoisotopic (exact) mass is 247 g/mol. The summed E-state index contributed by atoms with van der Waals surface area (Å²) >= 11 is 0. The van der Waals surface area contributed by atoms with E-state index in [9.17, 15) is 9.59 Å². The van der Waals surface area contributed by atoms with Crippen LogP contribution in [0.3, 0.4) is 0 Å². The van der Waals surface area contributed by atoms with E-state index in [1.165, 1.54) is 16.8 Å². The molecule has 0 aliphatic carbocycles. The number of carbonyl (C=O) groups is 1. The summed E-state index contributed by atoms with van der Waals surface area (Å²) in [4.78, 5) is 23.3. The Labute approximate surface area is 103 Å². The zero-order valence-electron chi connectivity index (χ0n) is 10.0. The van der Waals surface area contributed by atoms with Gasteiger partial charge in [-0.25, -0.2) is 0 Å². The van der Waals surface area contributed by atoms with Crippen molar-refractivity contribution < 1.29 is 4.79 Å². The molecule has 2 aromatic heterocycles. The fourth-order valence-electron chi connectivity index (χ4n) is 1.40. The first-order chi connectivity index (χ1) is 8.49. The maximum absolute atomic E-state index is 11.9. The summed E-state index contributed by atoms with van der Waals surface area (Å²) < 4.78 is 1.38. The van der Waals surface area contributed by atoms with Crippen LogP contribution < -0.4 is 16.6 Å². The molecule has 2 aromatic rings. The van der Waals surface area contributed by atoms with E-state index in [4.69, 9.17) is 5.73 Å². The summed E-state index contributed by atoms with van der Waals surface area (Å²) in [5, 5.41) is 9.05. The summed E-state index contributed by atoms with van der Waals surface area (Å²) in [7, 11) is 1.61. The number of nitrogens with two attached hydrogens (primary N) is 1. The molecule has 2 rings (SSSR count). The number of rotatable bonds is 2. The predicted octanol–water partition coefficient (Wildman–Crippen LogP) is 0.251. The van der Waals surface area contributed by atoms with E-state index in [0.717, 1.165) is 0 Å². The second-order valence-corrected chi connectivity index (χ2v) is 3.93. The fraction of sp³-hybridized carbons (Fsp3) is 0.182. The number of aromatic nitrogens is 3. The number of amides is 1. The highest BCUT2D eigenvalue weighted by Crippen LogP contribution is 2.18. The molecule has 0 unspecified atom stereocenters. The quantitative estimate of drug-likeness (QED) is 0.707. The second kappa shape index (κ2) is 4.36.